The van der Waals surface area contributed by atoms with Crippen molar-refractivity contribution in [2.24, 2.45) is 0 Å². The van der Waals surface area contributed by atoms with Crippen LogP contribution in [-0.2, 0) is 0 Å². The highest BCUT2D eigenvalue weighted by Gasteiger charge is 2.30. The Labute approximate surface area is 124 Å². The summed E-state index contributed by atoms with van der Waals surface area (Å²) in [5.41, 5.74) is -0.324. The number of nitro groups is 1. The van der Waals surface area contributed by atoms with E-state index >= 15 is 0 Å². The molecule has 0 amide bonds. The topological polar surface area (TPSA) is 96.9 Å². The fraction of sp³-hybridized carbons (Fsp3) is 0.0714. The highest BCUT2D eigenvalue weighted by molar-refractivity contribution is 6.35. The Balaban J connectivity index is 2.54. The third-order valence-corrected chi connectivity index (χ3v) is 3.16. The molecule has 6 nitrogen and oxygen atoms in total. The Bertz CT molecular complexity index is 741. The first kappa shape index (κ1) is 14.6. The van der Waals surface area contributed by atoms with E-state index in [2.05, 4.69) is 4.98 Å². The minimum Gasteiger partial charge on any atom is -0.292 e. The molecular weight excluding hydrogens is 294 g/mol. The van der Waals surface area contributed by atoms with Crippen LogP contribution in [0.3, 0.4) is 0 Å². The number of carbonyl (C=O) groups excluding carboxylic acids is 1. The number of benzene rings is 1. The van der Waals surface area contributed by atoms with Crippen molar-refractivity contribution in [1.82, 2.24) is 4.98 Å². The van der Waals surface area contributed by atoms with Gasteiger partial charge in [-0.1, -0.05) is 23.7 Å². The number of nitro benzene ring substituents is 1. The third-order valence-electron chi connectivity index (χ3n) is 2.84. The number of pyridine rings is 1. The number of halogens is 1. The Morgan fingerprint density at radius 2 is 2.14 bits per heavy atom. The average molecular weight is 302 g/mol. The molecule has 0 saturated carbocycles. The molecule has 0 aliphatic carbocycles. The number of nitrogens with zero attached hydrogens (tertiary/aromatic N) is 3. The summed E-state index contributed by atoms with van der Waals surface area (Å²) in [6.07, 6.45) is 2.87. The van der Waals surface area contributed by atoms with E-state index in [9.17, 15) is 20.2 Å². The van der Waals surface area contributed by atoms with Gasteiger partial charge in [0.15, 0.2) is 5.78 Å². The summed E-state index contributed by atoms with van der Waals surface area (Å²) < 4.78 is 0. The lowest BCUT2D eigenvalue weighted by molar-refractivity contribution is -0.385. The molecule has 0 aliphatic rings. The van der Waals surface area contributed by atoms with Crippen LogP contribution in [0.2, 0.25) is 5.02 Å². The number of rotatable bonds is 4. The smallest absolute Gasteiger partial charge is 0.281 e. The highest BCUT2D eigenvalue weighted by Crippen LogP contribution is 2.31. The first-order chi connectivity index (χ1) is 10.1. The lowest BCUT2D eigenvalue weighted by atomic mass is 9.92. The molecule has 1 unspecified atom stereocenters. The Hall–Kier alpha value is -2.78. The van der Waals surface area contributed by atoms with E-state index in [0.29, 0.717) is 5.56 Å². The van der Waals surface area contributed by atoms with Gasteiger partial charge in [-0.2, -0.15) is 5.26 Å². The standard InChI is InChI=1S/C14H8ClN3O3/c15-11-4-1-5-12(18(20)21)13(11)14(19)10(7-16)9-3-2-6-17-8-9/h1-6,8,10H. The number of aromatic nitrogens is 1. The Morgan fingerprint density at radius 3 is 2.71 bits per heavy atom. The van der Waals surface area contributed by atoms with Crippen molar-refractivity contribution in [3.8, 4) is 6.07 Å². The van der Waals surface area contributed by atoms with E-state index in [1.165, 1.54) is 30.6 Å². The van der Waals surface area contributed by atoms with Crippen molar-refractivity contribution in [3.63, 3.8) is 0 Å². The molecule has 7 heteroatoms. The van der Waals surface area contributed by atoms with Crippen molar-refractivity contribution in [2.75, 3.05) is 0 Å². The van der Waals surface area contributed by atoms with Gasteiger partial charge < -0.3 is 0 Å². The van der Waals surface area contributed by atoms with Gasteiger partial charge in [0.05, 0.1) is 16.0 Å². The molecule has 1 heterocycles. The quantitative estimate of drug-likeness (QED) is 0.491. The second kappa shape index (κ2) is 6.11. The predicted molar refractivity (Wildman–Crippen MR) is 75.0 cm³/mol. The molecule has 104 valence electrons. The van der Waals surface area contributed by atoms with Gasteiger partial charge in [-0.15, -0.1) is 0 Å². The molecule has 0 fully saturated rings. The number of carbonyl (C=O) groups is 1. The molecule has 1 aromatic carbocycles. The summed E-state index contributed by atoms with van der Waals surface area (Å²) in [5.74, 6) is -1.92. The van der Waals surface area contributed by atoms with E-state index < -0.39 is 22.3 Å². The molecule has 2 rings (SSSR count). The molecule has 2 aromatic rings. The maximum atomic E-state index is 12.5. The first-order valence-corrected chi connectivity index (χ1v) is 6.20. The minimum atomic E-state index is -1.20. The van der Waals surface area contributed by atoms with Crippen LogP contribution in [0.4, 0.5) is 5.69 Å². The van der Waals surface area contributed by atoms with Gasteiger partial charge >= 0.3 is 0 Å². The summed E-state index contributed by atoms with van der Waals surface area (Å²) in [4.78, 5) is 26.7. The Morgan fingerprint density at radius 1 is 1.38 bits per heavy atom. The zero-order chi connectivity index (χ0) is 15.4. The Kier molecular flexibility index (Phi) is 4.26. The van der Waals surface area contributed by atoms with Gasteiger partial charge in [0.25, 0.3) is 5.69 Å². The molecule has 1 aromatic heterocycles. The SMILES string of the molecule is N#CC(C(=O)c1c(Cl)cccc1[N+](=O)[O-])c1cccnc1. The van der Waals surface area contributed by atoms with Gasteiger partial charge in [0, 0.05) is 18.5 Å². The summed E-state index contributed by atoms with van der Waals surface area (Å²) in [5, 5.41) is 20.2. The highest BCUT2D eigenvalue weighted by atomic mass is 35.5. The van der Waals surface area contributed by atoms with Crippen LogP contribution in [0.15, 0.2) is 42.7 Å². The molecule has 0 spiro atoms. The van der Waals surface area contributed by atoms with Gasteiger partial charge in [-0.05, 0) is 17.7 Å². The fourth-order valence-electron chi connectivity index (χ4n) is 1.88. The zero-order valence-corrected chi connectivity index (χ0v) is 11.3. The summed E-state index contributed by atoms with van der Waals surface area (Å²) in [7, 11) is 0. The molecule has 21 heavy (non-hydrogen) atoms. The van der Waals surface area contributed by atoms with Gasteiger partial charge in [-0.3, -0.25) is 19.9 Å². The summed E-state index contributed by atoms with van der Waals surface area (Å²) in [6.45, 7) is 0. The van der Waals surface area contributed by atoms with Crippen LogP contribution in [0.25, 0.3) is 0 Å². The van der Waals surface area contributed by atoms with E-state index in [-0.39, 0.29) is 10.6 Å². The number of hydrogen-bond acceptors (Lipinski definition) is 5. The number of Topliss-reactive ketones (excluding diaryl/α,β-unsaturated/α-hetero) is 1. The molecule has 0 saturated heterocycles. The van der Waals surface area contributed by atoms with Crippen molar-refractivity contribution >= 4 is 23.1 Å². The summed E-state index contributed by atoms with van der Waals surface area (Å²) >= 11 is 5.91. The van der Waals surface area contributed by atoms with Gasteiger partial charge in [0.2, 0.25) is 0 Å². The largest absolute Gasteiger partial charge is 0.292 e. The predicted octanol–water partition coefficient (Wildman–Crippen LogP) is 3.13. The van der Waals surface area contributed by atoms with Crippen LogP contribution in [0.1, 0.15) is 21.8 Å². The van der Waals surface area contributed by atoms with Crippen molar-refractivity contribution in [2.45, 2.75) is 5.92 Å². The number of ketones is 1. The molecule has 1 atom stereocenters. The average Bonchev–Trinajstić information content (AvgIpc) is 2.48. The first-order valence-electron chi connectivity index (χ1n) is 5.83. The minimum absolute atomic E-state index is 0.0571. The monoisotopic (exact) mass is 301 g/mol. The molecule has 0 bridgehead atoms. The third kappa shape index (κ3) is 2.88. The second-order valence-electron chi connectivity index (χ2n) is 4.10. The van der Waals surface area contributed by atoms with Crippen molar-refractivity contribution in [3.05, 3.63) is 69.0 Å². The number of hydrogen-bond donors (Lipinski definition) is 0. The van der Waals surface area contributed by atoms with E-state index in [4.69, 9.17) is 11.6 Å². The number of nitriles is 1. The van der Waals surface area contributed by atoms with Crippen LogP contribution in [0.5, 0.6) is 0 Å². The molecular formula is C14H8ClN3O3. The lowest BCUT2D eigenvalue weighted by Gasteiger charge is -2.09. The van der Waals surface area contributed by atoms with Crippen LogP contribution in [-0.4, -0.2) is 15.7 Å². The van der Waals surface area contributed by atoms with E-state index in [0.717, 1.165) is 0 Å². The molecule has 0 aliphatic heterocycles. The lowest BCUT2D eigenvalue weighted by Crippen LogP contribution is -2.14. The normalized spacial score (nSPS) is 11.4. The fourth-order valence-corrected chi connectivity index (χ4v) is 2.15. The second-order valence-corrected chi connectivity index (χ2v) is 4.51. The zero-order valence-electron chi connectivity index (χ0n) is 10.6. The maximum absolute atomic E-state index is 12.5. The molecule has 0 radical (unpaired) electrons. The van der Waals surface area contributed by atoms with E-state index in [1.807, 2.05) is 6.07 Å². The van der Waals surface area contributed by atoms with Crippen LogP contribution >= 0.6 is 11.6 Å². The summed E-state index contributed by atoms with van der Waals surface area (Å²) in [6, 6.07) is 8.90. The van der Waals surface area contributed by atoms with E-state index in [1.54, 1.807) is 12.1 Å². The van der Waals surface area contributed by atoms with Crippen molar-refractivity contribution < 1.29 is 9.72 Å². The van der Waals surface area contributed by atoms with Crippen molar-refractivity contribution in [1.29, 1.82) is 5.26 Å². The van der Waals surface area contributed by atoms with Crippen LogP contribution < -0.4 is 0 Å². The molecule has 0 N–H and O–H groups in total. The van der Waals surface area contributed by atoms with Crippen LogP contribution in [0, 0.1) is 21.4 Å². The van der Waals surface area contributed by atoms with Gasteiger partial charge in [-0.25, -0.2) is 0 Å². The van der Waals surface area contributed by atoms with Gasteiger partial charge in [0.1, 0.15) is 11.5 Å². The maximum Gasteiger partial charge on any atom is 0.281 e.